The molecule has 3 N–H and O–H groups in total. The van der Waals surface area contributed by atoms with Crippen molar-refractivity contribution < 1.29 is 4.79 Å². The standard InChI is InChI=1S/C14H18ClN3O/c15-10-3-4-13(11(6-10)14(16)19)18-7-9-2-1-5-17-12(9)8-18/h3-4,6,9,12,17H,1-2,5,7-8H2,(H2,16,19)/t9-,12+/m0/s1. The summed E-state index contributed by atoms with van der Waals surface area (Å²) < 4.78 is 0. The molecule has 2 aliphatic heterocycles. The number of amides is 1. The van der Waals surface area contributed by atoms with E-state index in [4.69, 9.17) is 17.3 Å². The van der Waals surface area contributed by atoms with Crippen molar-refractivity contribution in [1.82, 2.24) is 5.32 Å². The van der Waals surface area contributed by atoms with Gasteiger partial charge in [-0.25, -0.2) is 0 Å². The second-order valence-electron chi connectivity index (χ2n) is 5.39. The predicted molar refractivity (Wildman–Crippen MR) is 76.7 cm³/mol. The van der Waals surface area contributed by atoms with Gasteiger partial charge in [-0.15, -0.1) is 0 Å². The van der Waals surface area contributed by atoms with Crippen molar-refractivity contribution in [1.29, 1.82) is 0 Å². The number of piperidine rings is 1. The third kappa shape index (κ3) is 2.42. The van der Waals surface area contributed by atoms with Crippen LogP contribution >= 0.6 is 11.6 Å². The van der Waals surface area contributed by atoms with Gasteiger partial charge in [0.25, 0.3) is 5.91 Å². The highest BCUT2D eigenvalue weighted by Crippen LogP contribution is 2.32. The highest BCUT2D eigenvalue weighted by atomic mass is 35.5. The smallest absolute Gasteiger partial charge is 0.250 e. The molecule has 1 aromatic carbocycles. The van der Waals surface area contributed by atoms with Crippen LogP contribution in [0.2, 0.25) is 5.02 Å². The van der Waals surface area contributed by atoms with E-state index in [-0.39, 0.29) is 0 Å². The average molecular weight is 280 g/mol. The Hall–Kier alpha value is -1.26. The summed E-state index contributed by atoms with van der Waals surface area (Å²) in [5, 5.41) is 4.11. The van der Waals surface area contributed by atoms with Crippen LogP contribution in [0.5, 0.6) is 0 Å². The van der Waals surface area contributed by atoms with Crippen molar-refractivity contribution in [3.05, 3.63) is 28.8 Å². The summed E-state index contributed by atoms with van der Waals surface area (Å²) in [5.41, 5.74) is 6.89. The van der Waals surface area contributed by atoms with Crippen molar-refractivity contribution >= 4 is 23.2 Å². The van der Waals surface area contributed by atoms with E-state index in [9.17, 15) is 4.79 Å². The summed E-state index contributed by atoms with van der Waals surface area (Å²) in [7, 11) is 0. The number of primary amides is 1. The number of nitrogens with one attached hydrogen (secondary N) is 1. The number of fused-ring (bicyclic) bond motifs is 1. The molecule has 3 rings (SSSR count). The van der Waals surface area contributed by atoms with Crippen LogP contribution in [0.4, 0.5) is 5.69 Å². The van der Waals surface area contributed by atoms with E-state index in [1.807, 2.05) is 12.1 Å². The fraction of sp³-hybridized carbons (Fsp3) is 0.500. The quantitative estimate of drug-likeness (QED) is 0.865. The van der Waals surface area contributed by atoms with Gasteiger partial charge in [-0.1, -0.05) is 11.6 Å². The van der Waals surface area contributed by atoms with Gasteiger partial charge in [-0.2, -0.15) is 0 Å². The van der Waals surface area contributed by atoms with E-state index in [0.717, 1.165) is 25.3 Å². The van der Waals surface area contributed by atoms with Crippen LogP contribution in [0.15, 0.2) is 18.2 Å². The first-order valence-electron chi connectivity index (χ1n) is 6.73. The van der Waals surface area contributed by atoms with Crippen LogP contribution in [-0.4, -0.2) is 31.6 Å². The van der Waals surface area contributed by atoms with E-state index in [1.165, 1.54) is 12.8 Å². The molecule has 0 spiro atoms. The molecule has 2 aliphatic rings. The zero-order chi connectivity index (χ0) is 13.4. The Labute approximate surface area is 117 Å². The summed E-state index contributed by atoms with van der Waals surface area (Å²) in [6.45, 7) is 3.02. The van der Waals surface area contributed by atoms with Crippen molar-refractivity contribution in [2.75, 3.05) is 24.5 Å². The van der Waals surface area contributed by atoms with Crippen LogP contribution in [0.3, 0.4) is 0 Å². The number of carbonyl (C=O) groups is 1. The first-order chi connectivity index (χ1) is 9.15. The van der Waals surface area contributed by atoms with E-state index in [0.29, 0.717) is 22.5 Å². The maximum absolute atomic E-state index is 11.6. The average Bonchev–Trinajstić information content (AvgIpc) is 2.82. The fourth-order valence-corrected chi connectivity index (χ4v) is 3.40. The Kier molecular flexibility index (Phi) is 3.37. The minimum Gasteiger partial charge on any atom is -0.369 e. The molecule has 1 aromatic rings. The van der Waals surface area contributed by atoms with E-state index >= 15 is 0 Å². The molecular weight excluding hydrogens is 262 g/mol. The maximum Gasteiger partial charge on any atom is 0.250 e. The van der Waals surface area contributed by atoms with E-state index in [1.54, 1.807) is 6.07 Å². The molecule has 2 atom stereocenters. The molecule has 2 saturated heterocycles. The van der Waals surface area contributed by atoms with Gasteiger partial charge in [0.05, 0.1) is 5.56 Å². The normalized spacial score (nSPS) is 26.3. The number of hydrogen-bond acceptors (Lipinski definition) is 3. The third-order valence-corrected chi connectivity index (χ3v) is 4.40. The molecule has 0 bridgehead atoms. The molecule has 19 heavy (non-hydrogen) atoms. The van der Waals surface area contributed by atoms with Crippen molar-refractivity contribution in [2.45, 2.75) is 18.9 Å². The van der Waals surface area contributed by atoms with Gasteiger partial charge in [0.1, 0.15) is 0 Å². The Bertz CT molecular complexity index is 491. The van der Waals surface area contributed by atoms with Crippen molar-refractivity contribution in [3.63, 3.8) is 0 Å². The van der Waals surface area contributed by atoms with Gasteiger partial charge in [0.2, 0.25) is 0 Å². The molecule has 1 amide bonds. The zero-order valence-electron chi connectivity index (χ0n) is 10.7. The molecular formula is C14H18ClN3O. The van der Waals surface area contributed by atoms with Gasteiger partial charge in [0, 0.05) is 29.8 Å². The predicted octanol–water partition coefficient (Wildman–Crippen LogP) is 1.63. The molecule has 4 nitrogen and oxygen atoms in total. The molecule has 0 saturated carbocycles. The number of nitrogens with zero attached hydrogens (tertiary/aromatic N) is 1. The fourth-order valence-electron chi connectivity index (χ4n) is 3.22. The minimum atomic E-state index is -0.416. The summed E-state index contributed by atoms with van der Waals surface area (Å²) in [4.78, 5) is 13.8. The van der Waals surface area contributed by atoms with E-state index in [2.05, 4.69) is 10.2 Å². The molecule has 0 aliphatic carbocycles. The molecule has 0 unspecified atom stereocenters. The first-order valence-corrected chi connectivity index (χ1v) is 7.10. The summed E-state index contributed by atoms with van der Waals surface area (Å²) in [6.07, 6.45) is 2.49. The Morgan fingerprint density at radius 3 is 3.00 bits per heavy atom. The molecule has 5 heteroatoms. The van der Waals surface area contributed by atoms with Crippen LogP contribution in [0, 0.1) is 5.92 Å². The minimum absolute atomic E-state index is 0.416. The van der Waals surface area contributed by atoms with Crippen LogP contribution in [0.25, 0.3) is 0 Å². The third-order valence-electron chi connectivity index (χ3n) is 4.16. The van der Waals surface area contributed by atoms with Gasteiger partial charge in [-0.3, -0.25) is 4.79 Å². The molecule has 0 radical (unpaired) electrons. The number of nitrogens with two attached hydrogens (primary N) is 1. The van der Waals surface area contributed by atoms with Crippen LogP contribution < -0.4 is 16.0 Å². The Morgan fingerprint density at radius 1 is 1.42 bits per heavy atom. The van der Waals surface area contributed by atoms with Crippen molar-refractivity contribution in [3.8, 4) is 0 Å². The Balaban J connectivity index is 1.88. The molecule has 0 aromatic heterocycles. The van der Waals surface area contributed by atoms with Gasteiger partial charge in [0.15, 0.2) is 0 Å². The lowest BCUT2D eigenvalue weighted by atomic mass is 9.94. The Morgan fingerprint density at radius 2 is 2.26 bits per heavy atom. The lowest BCUT2D eigenvalue weighted by Gasteiger charge is -2.24. The second kappa shape index (κ2) is 5.02. The van der Waals surface area contributed by atoms with Crippen molar-refractivity contribution in [2.24, 2.45) is 11.7 Å². The topological polar surface area (TPSA) is 58.4 Å². The highest BCUT2D eigenvalue weighted by molar-refractivity contribution is 6.31. The number of hydrogen-bond donors (Lipinski definition) is 2. The second-order valence-corrected chi connectivity index (χ2v) is 5.83. The van der Waals surface area contributed by atoms with E-state index < -0.39 is 5.91 Å². The molecule has 2 fully saturated rings. The van der Waals surface area contributed by atoms with Crippen LogP contribution in [0.1, 0.15) is 23.2 Å². The summed E-state index contributed by atoms with van der Waals surface area (Å²) in [5.74, 6) is 0.255. The lowest BCUT2D eigenvalue weighted by molar-refractivity contribution is 0.100. The maximum atomic E-state index is 11.6. The van der Waals surface area contributed by atoms with Crippen LogP contribution in [-0.2, 0) is 0 Å². The van der Waals surface area contributed by atoms with Gasteiger partial charge < -0.3 is 16.0 Å². The monoisotopic (exact) mass is 279 g/mol. The van der Waals surface area contributed by atoms with Gasteiger partial charge >= 0.3 is 0 Å². The lowest BCUT2D eigenvalue weighted by Crippen LogP contribution is -2.40. The molecule has 102 valence electrons. The first kappa shape index (κ1) is 12.8. The highest BCUT2D eigenvalue weighted by Gasteiger charge is 2.35. The van der Waals surface area contributed by atoms with Gasteiger partial charge in [-0.05, 0) is 43.5 Å². The number of carbonyl (C=O) groups excluding carboxylic acids is 1. The largest absolute Gasteiger partial charge is 0.369 e. The zero-order valence-corrected chi connectivity index (χ0v) is 11.5. The molecule has 2 heterocycles. The summed E-state index contributed by atoms with van der Waals surface area (Å²) >= 11 is 5.95. The SMILES string of the molecule is NC(=O)c1cc(Cl)ccc1N1C[C@@H]2CCCN[C@@H]2C1. The number of anilines is 1. The number of rotatable bonds is 2. The number of benzene rings is 1. The number of halogens is 1. The summed E-state index contributed by atoms with van der Waals surface area (Å²) in [6, 6.07) is 5.91.